The maximum absolute atomic E-state index is 12.6. The highest BCUT2D eigenvalue weighted by Gasteiger charge is 2.29. The normalized spacial score (nSPS) is 14.5. The lowest BCUT2D eigenvalue weighted by Crippen LogP contribution is -2.42. The Hall–Kier alpha value is -2.42. The van der Waals surface area contributed by atoms with Gasteiger partial charge in [-0.25, -0.2) is 4.98 Å². The smallest absolute Gasteiger partial charge is 0.325 e. The Morgan fingerprint density at radius 1 is 1.43 bits per heavy atom. The van der Waals surface area contributed by atoms with E-state index >= 15 is 0 Å². The standard InChI is InChI=1S/C15H17N3O3/c1-21-14(19)10-18(12-4-2-3-5-12)15(20)13-7-6-11(8-16)9-17-13/h6-7,9,12H,2-5,10H2,1H3. The van der Waals surface area contributed by atoms with Crippen molar-refractivity contribution in [3.05, 3.63) is 29.6 Å². The van der Waals surface area contributed by atoms with Gasteiger partial charge in [-0.05, 0) is 25.0 Å². The third-order valence-electron chi connectivity index (χ3n) is 3.67. The molecular weight excluding hydrogens is 270 g/mol. The summed E-state index contributed by atoms with van der Waals surface area (Å²) in [6, 6.07) is 5.07. The predicted octanol–water partition coefficient (Wildman–Crippen LogP) is 1.51. The minimum Gasteiger partial charge on any atom is -0.468 e. The van der Waals surface area contributed by atoms with Gasteiger partial charge in [0.15, 0.2) is 0 Å². The average Bonchev–Trinajstić information content (AvgIpc) is 3.06. The van der Waals surface area contributed by atoms with Gasteiger partial charge in [0, 0.05) is 12.2 Å². The summed E-state index contributed by atoms with van der Waals surface area (Å²) in [7, 11) is 1.31. The lowest BCUT2D eigenvalue weighted by Gasteiger charge is -2.27. The number of methoxy groups -OCH3 is 1. The minimum absolute atomic E-state index is 0.0500. The average molecular weight is 287 g/mol. The topological polar surface area (TPSA) is 83.3 Å². The van der Waals surface area contributed by atoms with E-state index in [-0.39, 0.29) is 24.2 Å². The van der Waals surface area contributed by atoms with E-state index in [1.54, 1.807) is 6.07 Å². The molecule has 0 saturated heterocycles. The van der Waals surface area contributed by atoms with E-state index in [2.05, 4.69) is 9.72 Å². The summed E-state index contributed by atoms with van der Waals surface area (Å²) < 4.78 is 4.67. The molecule has 1 aromatic heterocycles. The van der Waals surface area contributed by atoms with Gasteiger partial charge >= 0.3 is 5.97 Å². The van der Waals surface area contributed by atoms with Crippen LogP contribution in [0.25, 0.3) is 0 Å². The Morgan fingerprint density at radius 2 is 2.14 bits per heavy atom. The molecule has 0 spiro atoms. The van der Waals surface area contributed by atoms with Gasteiger partial charge in [0.1, 0.15) is 18.3 Å². The number of nitriles is 1. The third kappa shape index (κ3) is 3.57. The van der Waals surface area contributed by atoms with Crippen LogP contribution in [0.3, 0.4) is 0 Å². The fourth-order valence-electron chi connectivity index (χ4n) is 2.52. The fourth-order valence-corrected chi connectivity index (χ4v) is 2.52. The van der Waals surface area contributed by atoms with Crippen LogP contribution >= 0.6 is 0 Å². The summed E-state index contributed by atoms with van der Waals surface area (Å²) in [4.78, 5) is 29.6. The molecule has 6 heteroatoms. The molecule has 2 rings (SSSR count). The van der Waals surface area contributed by atoms with E-state index in [4.69, 9.17) is 5.26 Å². The second-order valence-electron chi connectivity index (χ2n) is 4.99. The fraction of sp³-hybridized carbons (Fsp3) is 0.467. The molecule has 110 valence electrons. The molecule has 0 unspecified atom stereocenters. The Labute approximate surface area is 123 Å². The number of nitrogens with zero attached hydrogens (tertiary/aromatic N) is 3. The molecule has 1 aliphatic carbocycles. The van der Waals surface area contributed by atoms with Crippen molar-refractivity contribution in [2.75, 3.05) is 13.7 Å². The van der Waals surface area contributed by atoms with Crippen LogP contribution in [0.2, 0.25) is 0 Å². The maximum atomic E-state index is 12.6. The van der Waals surface area contributed by atoms with Crippen LogP contribution in [0.15, 0.2) is 18.3 Å². The van der Waals surface area contributed by atoms with Crippen molar-refractivity contribution in [3.63, 3.8) is 0 Å². The van der Waals surface area contributed by atoms with Crippen LogP contribution in [0.1, 0.15) is 41.7 Å². The molecule has 0 N–H and O–H groups in total. The van der Waals surface area contributed by atoms with E-state index in [1.165, 1.54) is 24.3 Å². The van der Waals surface area contributed by atoms with Gasteiger partial charge in [0.2, 0.25) is 0 Å². The number of hydrogen-bond acceptors (Lipinski definition) is 5. The maximum Gasteiger partial charge on any atom is 0.325 e. The lowest BCUT2D eigenvalue weighted by molar-refractivity contribution is -0.141. The summed E-state index contributed by atoms with van der Waals surface area (Å²) in [5.41, 5.74) is 0.636. The number of carbonyl (C=O) groups is 2. The van der Waals surface area contributed by atoms with Crippen LogP contribution in [0, 0.1) is 11.3 Å². The zero-order chi connectivity index (χ0) is 15.2. The van der Waals surface area contributed by atoms with E-state index < -0.39 is 5.97 Å². The van der Waals surface area contributed by atoms with Crippen LogP contribution in [-0.2, 0) is 9.53 Å². The Kier molecular flexibility index (Phi) is 4.88. The number of ether oxygens (including phenoxy) is 1. The van der Waals surface area contributed by atoms with Gasteiger partial charge in [-0.1, -0.05) is 12.8 Å². The summed E-state index contributed by atoms with van der Waals surface area (Å²) in [6.45, 7) is -0.0678. The van der Waals surface area contributed by atoms with Gasteiger partial charge in [-0.15, -0.1) is 0 Å². The van der Waals surface area contributed by atoms with Crippen molar-refractivity contribution >= 4 is 11.9 Å². The number of amides is 1. The first-order chi connectivity index (χ1) is 10.2. The summed E-state index contributed by atoms with van der Waals surface area (Å²) in [5, 5.41) is 8.75. The molecule has 21 heavy (non-hydrogen) atoms. The first kappa shape index (κ1) is 15.0. The Morgan fingerprint density at radius 3 is 2.67 bits per heavy atom. The Balaban J connectivity index is 2.19. The highest BCUT2D eigenvalue weighted by Crippen LogP contribution is 2.24. The van der Waals surface area contributed by atoms with E-state index in [1.807, 2.05) is 6.07 Å². The van der Waals surface area contributed by atoms with Gasteiger partial charge < -0.3 is 9.64 Å². The van der Waals surface area contributed by atoms with Crippen molar-refractivity contribution < 1.29 is 14.3 Å². The highest BCUT2D eigenvalue weighted by molar-refractivity contribution is 5.94. The van der Waals surface area contributed by atoms with E-state index in [0.717, 1.165) is 25.7 Å². The third-order valence-corrected chi connectivity index (χ3v) is 3.67. The van der Waals surface area contributed by atoms with Crippen molar-refractivity contribution in [1.82, 2.24) is 9.88 Å². The molecule has 1 amide bonds. The molecule has 1 aliphatic rings. The molecule has 0 aliphatic heterocycles. The molecule has 0 radical (unpaired) electrons. The molecule has 1 saturated carbocycles. The monoisotopic (exact) mass is 287 g/mol. The second-order valence-corrected chi connectivity index (χ2v) is 4.99. The number of carbonyl (C=O) groups excluding carboxylic acids is 2. The van der Waals surface area contributed by atoms with Crippen molar-refractivity contribution in [1.29, 1.82) is 5.26 Å². The SMILES string of the molecule is COC(=O)CN(C(=O)c1ccc(C#N)cn1)C1CCCC1. The quantitative estimate of drug-likeness (QED) is 0.784. The summed E-state index contributed by atoms with van der Waals surface area (Å²) >= 11 is 0. The van der Waals surface area contributed by atoms with Gasteiger partial charge in [-0.2, -0.15) is 5.26 Å². The first-order valence-electron chi connectivity index (χ1n) is 6.89. The molecule has 0 atom stereocenters. The largest absolute Gasteiger partial charge is 0.468 e. The van der Waals surface area contributed by atoms with Crippen LogP contribution in [0.4, 0.5) is 0 Å². The summed E-state index contributed by atoms with van der Waals surface area (Å²) in [5.74, 6) is -0.735. The van der Waals surface area contributed by atoms with Crippen LogP contribution in [0.5, 0.6) is 0 Å². The van der Waals surface area contributed by atoms with Crippen molar-refractivity contribution in [2.24, 2.45) is 0 Å². The number of pyridine rings is 1. The molecule has 1 aromatic rings. The number of hydrogen-bond donors (Lipinski definition) is 0. The zero-order valence-corrected chi connectivity index (χ0v) is 11.9. The number of esters is 1. The molecule has 1 fully saturated rings. The second kappa shape index (κ2) is 6.84. The van der Waals surface area contributed by atoms with Gasteiger partial charge in [-0.3, -0.25) is 9.59 Å². The lowest BCUT2D eigenvalue weighted by atomic mass is 10.1. The Bertz CT molecular complexity index is 557. The molecule has 0 bridgehead atoms. The highest BCUT2D eigenvalue weighted by atomic mass is 16.5. The van der Waals surface area contributed by atoms with Crippen molar-refractivity contribution in [2.45, 2.75) is 31.7 Å². The molecular formula is C15H17N3O3. The predicted molar refractivity (Wildman–Crippen MR) is 74.3 cm³/mol. The van der Waals surface area contributed by atoms with E-state index in [9.17, 15) is 9.59 Å². The zero-order valence-electron chi connectivity index (χ0n) is 11.9. The minimum atomic E-state index is -0.441. The van der Waals surface area contributed by atoms with Crippen molar-refractivity contribution in [3.8, 4) is 6.07 Å². The number of rotatable bonds is 4. The van der Waals surface area contributed by atoms with Crippen LogP contribution < -0.4 is 0 Å². The molecule has 6 nitrogen and oxygen atoms in total. The first-order valence-corrected chi connectivity index (χ1v) is 6.89. The van der Waals surface area contributed by atoms with Crippen LogP contribution in [-0.4, -0.2) is 41.5 Å². The van der Waals surface area contributed by atoms with Gasteiger partial charge in [0.25, 0.3) is 5.91 Å². The van der Waals surface area contributed by atoms with Gasteiger partial charge in [0.05, 0.1) is 12.7 Å². The number of aromatic nitrogens is 1. The molecule has 0 aromatic carbocycles. The van der Waals surface area contributed by atoms with E-state index in [0.29, 0.717) is 5.56 Å². The molecule has 1 heterocycles. The summed E-state index contributed by atoms with van der Waals surface area (Å²) in [6.07, 6.45) is 5.24.